The minimum atomic E-state index is -0.748. The third-order valence-electron chi connectivity index (χ3n) is 3.16. The van der Waals surface area contributed by atoms with Gasteiger partial charge in [0.25, 0.3) is 0 Å². The largest absolute Gasteiger partial charge is 0.481 e. The molecule has 98 valence electrons. The SMILES string of the molecule is O=C(O)CC1(CSCc2cc(Cl)ccc2F)CC1. The number of benzene rings is 1. The van der Waals surface area contributed by atoms with Gasteiger partial charge in [-0.3, -0.25) is 4.79 Å². The smallest absolute Gasteiger partial charge is 0.303 e. The minimum Gasteiger partial charge on any atom is -0.481 e. The van der Waals surface area contributed by atoms with Crippen LogP contribution in [0.1, 0.15) is 24.8 Å². The number of hydrogen-bond acceptors (Lipinski definition) is 2. The van der Waals surface area contributed by atoms with Gasteiger partial charge in [-0.05, 0) is 47.8 Å². The van der Waals surface area contributed by atoms with E-state index in [-0.39, 0.29) is 17.7 Å². The summed E-state index contributed by atoms with van der Waals surface area (Å²) in [6.45, 7) is 0. The van der Waals surface area contributed by atoms with E-state index in [1.165, 1.54) is 12.1 Å². The fraction of sp³-hybridized carbons (Fsp3) is 0.462. The van der Waals surface area contributed by atoms with Crippen LogP contribution in [0.25, 0.3) is 0 Å². The molecule has 2 rings (SSSR count). The zero-order valence-electron chi connectivity index (χ0n) is 9.79. The summed E-state index contributed by atoms with van der Waals surface area (Å²) in [5.41, 5.74) is 0.532. The molecule has 0 atom stereocenters. The maximum absolute atomic E-state index is 13.4. The average Bonchev–Trinajstić information content (AvgIpc) is 3.02. The van der Waals surface area contributed by atoms with Crippen LogP contribution < -0.4 is 0 Å². The highest BCUT2D eigenvalue weighted by Gasteiger charge is 2.44. The van der Waals surface area contributed by atoms with Gasteiger partial charge < -0.3 is 5.11 Å². The molecular weight excluding hydrogens is 275 g/mol. The quantitative estimate of drug-likeness (QED) is 0.861. The van der Waals surface area contributed by atoms with Crippen molar-refractivity contribution in [3.05, 3.63) is 34.6 Å². The summed E-state index contributed by atoms with van der Waals surface area (Å²) in [4.78, 5) is 10.7. The lowest BCUT2D eigenvalue weighted by Gasteiger charge is -2.12. The zero-order valence-corrected chi connectivity index (χ0v) is 11.4. The van der Waals surface area contributed by atoms with Crippen molar-refractivity contribution in [1.82, 2.24) is 0 Å². The Morgan fingerprint density at radius 3 is 2.83 bits per heavy atom. The van der Waals surface area contributed by atoms with Gasteiger partial charge in [0.15, 0.2) is 0 Å². The lowest BCUT2D eigenvalue weighted by atomic mass is 10.1. The Kier molecular flexibility index (Phi) is 4.17. The Bertz CT molecular complexity index is 460. The van der Waals surface area contributed by atoms with E-state index >= 15 is 0 Å². The van der Waals surface area contributed by atoms with Gasteiger partial charge in [-0.2, -0.15) is 11.8 Å². The molecule has 5 heteroatoms. The normalized spacial score (nSPS) is 16.6. The van der Waals surface area contributed by atoms with Crippen molar-refractivity contribution in [2.45, 2.75) is 25.0 Å². The van der Waals surface area contributed by atoms with E-state index < -0.39 is 5.97 Å². The molecule has 0 radical (unpaired) electrons. The van der Waals surface area contributed by atoms with Crippen LogP contribution in [-0.4, -0.2) is 16.8 Å². The number of aliphatic carboxylic acids is 1. The molecule has 1 saturated carbocycles. The number of carbonyl (C=O) groups is 1. The van der Waals surface area contributed by atoms with Gasteiger partial charge in [0.1, 0.15) is 5.82 Å². The van der Waals surface area contributed by atoms with Crippen LogP contribution in [0.15, 0.2) is 18.2 Å². The second-order valence-electron chi connectivity index (χ2n) is 4.80. The third-order valence-corrected chi connectivity index (χ3v) is 4.72. The molecule has 0 aromatic heterocycles. The molecule has 0 spiro atoms. The summed E-state index contributed by atoms with van der Waals surface area (Å²) in [5.74, 6) is 0.302. The monoisotopic (exact) mass is 288 g/mol. The van der Waals surface area contributed by atoms with Gasteiger partial charge >= 0.3 is 5.97 Å². The van der Waals surface area contributed by atoms with Crippen molar-refractivity contribution in [3.8, 4) is 0 Å². The first kappa shape index (κ1) is 13.7. The van der Waals surface area contributed by atoms with Gasteiger partial charge in [-0.15, -0.1) is 0 Å². The number of rotatable bonds is 6. The predicted molar refractivity (Wildman–Crippen MR) is 71.5 cm³/mol. The molecular formula is C13H14ClFO2S. The number of halogens is 2. The van der Waals surface area contributed by atoms with Gasteiger partial charge in [-0.25, -0.2) is 4.39 Å². The highest BCUT2D eigenvalue weighted by atomic mass is 35.5. The maximum atomic E-state index is 13.4. The molecule has 1 aromatic rings. The fourth-order valence-electron chi connectivity index (χ4n) is 1.90. The van der Waals surface area contributed by atoms with Crippen molar-refractivity contribution in [1.29, 1.82) is 0 Å². The van der Waals surface area contributed by atoms with Crippen molar-refractivity contribution in [3.63, 3.8) is 0 Å². The Balaban J connectivity index is 1.85. The van der Waals surface area contributed by atoms with Crippen LogP contribution >= 0.6 is 23.4 Å². The lowest BCUT2D eigenvalue weighted by Crippen LogP contribution is -2.11. The van der Waals surface area contributed by atoms with E-state index in [4.69, 9.17) is 16.7 Å². The first-order valence-electron chi connectivity index (χ1n) is 5.74. The van der Waals surface area contributed by atoms with E-state index in [1.807, 2.05) is 0 Å². The van der Waals surface area contributed by atoms with Crippen LogP contribution in [0, 0.1) is 11.2 Å². The summed E-state index contributed by atoms with van der Waals surface area (Å²) < 4.78 is 13.4. The number of carboxylic acids is 1. The molecule has 1 aliphatic carbocycles. The van der Waals surface area contributed by atoms with Crippen LogP contribution in [0.2, 0.25) is 5.02 Å². The standard InChI is InChI=1S/C13H14ClFO2S/c14-10-1-2-11(15)9(5-10)7-18-8-13(3-4-13)6-12(16)17/h1-2,5H,3-4,6-8H2,(H,16,17). The molecule has 0 saturated heterocycles. The van der Waals surface area contributed by atoms with Crippen molar-refractivity contribution < 1.29 is 14.3 Å². The first-order valence-corrected chi connectivity index (χ1v) is 7.28. The Morgan fingerprint density at radius 2 is 2.22 bits per heavy atom. The maximum Gasteiger partial charge on any atom is 0.303 e. The molecule has 0 amide bonds. The minimum absolute atomic E-state index is 0.0500. The fourth-order valence-corrected chi connectivity index (χ4v) is 3.46. The van der Waals surface area contributed by atoms with E-state index in [2.05, 4.69) is 0 Å². The number of hydrogen-bond donors (Lipinski definition) is 1. The second-order valence-corrected chi connectivity index (χ2v) is 6.22. The Hall–Kier alpha value is -0.740. The van der Waals surface area contributed by atoms with Crippen LogP contribution in [0.5, 0.6) is 0 Å². The van der Waals surface area contributed by atoms with Crippen LogP contribution in [-0.2, 0) is 10.5 Å². The van der Waals surface area contributed by atoms with Crippen molar-refractivity contribution >= 4 is 29.3 Å². The molecule has 0 unspecified atom stereocenters. The van der Waals surface area contributed by atoms with Gasteiger partial charge in [0.05, 0.1) is 6.42 Å². The topological polar surface area (TPSA) is 37.3 Å². The lowest BCUT2D eigenvalue weighted by molar-refractivity contribution is -0.138. The van der Waals surface area contributed by atoms with E-state index in [1.54, 1.807) is 17.8 Å². The molecule has 0 bridgehead atoms. The zero-order chi connectivity index (χ0) is 13.2. The molecule has 1 aliphatic rings. The van der Waals surface area contributed by atoms with E-state index in [9.17, 15) is 9.18 Å². The summed E-state index contributed by atoms with van der Waals surface area (Å²) >= 11 is 7.39. The van der Waals surface area contributed by atoms with E-state index in [0.29, 0.717) is 16.3 Å². The Morgan fingerprint density at radius 1 is 1.50 bits per heavy atom. The van der Waals surface area contributed by atoms with Crippen molar-refractivity contribution in [2.75, 3.05) is 5.75 Å². The first-order chi connectivity index (χ1) is 8.51. The summed E-state index contributed by atoms with van der Waals surface area (Å²) in [5, 5.41) is 9.33. The van der Waals surface area contributed by atoms with E-state index in [0.717, 1.165) is 18.6 Å². The van der Waals surface area contributed by atoms with Crippen LogP contribution in [0.4, 0.5) is 4.39 Å². The Labute approximate surface area is 115 Å². The highest BCUT2D eigenvalue weighted by Crippen LogP contribution is 2.51. The molecule has 18 heavy (non-hydrogen) atoms. The van der Waals surface area contributed by atoms with Gasteiger partial charge in [0.2, 0.25) is 0 Å². The van der Waals surface area contributed by atoms with Crippen LogP contribution in [0.3, 0.4) is 0 Å². The molecule has 0 heterocycles. The highest BCUT2D eigenvalue weighted by molar-refractivity contribution is 7.98. The van der Waals surface area contributed by atoms with Crippen molar-refractivity contribution in [2.24, 2.45) is 5.41 Å². The summed E-state index contributed by atoms with van der Waals surface area (Å²) in [7, 11) is 0. The molecule has 1 aromatic carbocycles. The molecule has 2 nitrogen and oxygen atoms in total. The van der Waals surface area contributed by atoms with Gasteiger partial charge in [0, 0.05) is 10.8 Å². The predicted octanol–water partition coefficient (Wildman–Crippen LogP) is 3.97. The average molecular weight is 289 g/mol. The molecule has 1 N–H and O–H groups in total. The molecule has 0 aliphatic heterocycles. The van der Waals surface area contributed by atoms with Gasteiger partial charge in [-0.1, -0.05) is 11.6 Å². The third kappa shape index (κ3) is 3.62. The number of thioether (sulfide) groups is 1. The number of carboxylic acid groups (broad SMARTS) is 1. The molecule has 1 fully saturated rings. The second kappa shape index (κ2) is 5.49. The summed E-state index contributed by atoms with van der Waals surface area (Å²) in [6.07, 6.45) is 2.15. The summed E-state index contributed by atoms with van der Waals surface area (Å²) in [6, 6.07) is 4.51.